The highest BCUT2D eigenvalue weighted by atomic mass is 79.9. The molecule has 1 aromatic rings. The quantitative estimate of drug-likeness (QED) is 0.871. The third-order valence-corrected chi connectivity index (χ3v) is 4.17. The average Bonchev–Trinajstić information content (AvgIpc) is 2.91. The first-order valence-electron chi connectivity index (χ1n) is 7.11. The molecule has 1 aliphatic heterocycles. The Morgan fingerprint density at radius 1 is 1.37 bits per heavy atom. The van der Waals surface area contributed by atoms with E-state index in [0.717, 1.165) is 67.3 Å². The van der Waals surface area contributed by atoms with Crippen molar-refractivity contribution in [2.75, 3.05) is 25.1 Å². The van der Waals surface area contributed by atoms with Crippen molar-refractivity contribution in [1.82, 2.24) is 9.97 Å². The molecule has 1 atom stereocenters. The van der Waals surface area contributed by atoms with Gasteiger partial charge in [-0.2, -0.15) is 0 Å². The largest absolute Gasteiger partial charge is 0.381 e. The van der Waals surface area contributed by atoms with Gasteiger partial charge in [-0.1, -0.05) is 13.8 Å². The van der Waals surface area contributed by atoms with E-state index in [1.54, 1.807) is 0 Å². The summed E-state index contributed by atoms with van der Waals surface area (Å²) in [5.41, 5.74) is 1.09. The van der Waals surface area contributed by atoms with E-state index in [2.05, 4.69) is 45.1 Å². The van der Waals surface area contributed by atoms with Crippen molar-refractivity contribution >= 4 is 21.7 Å². The van der Waals surface area contributed by atoms with E-state index in [4.69, 9.17) is 4.74 Å². The van der Waals surface area contributed by atoms with Crippen LogP contribution in [0.2, 0.25) is 0 Å². The van der Waals surface area contributed by atoms with Gasteiger partial charge in [0, 0.05) is 26.2 Å². The van der Waals surface area contributed by atoms with Crippen LogP contribution in [0.5, 0.6) is 0 Å². The molecule has 1 saturated heterocycles. The van der Waals surface area contributed by atoms with Crippen LogP contribution in [0.3, 0.4) is 0 Å². The van der Waals surface area contributed by atoms with Crippen LogP contribution in [0.15, 0.2) is 4.47 Å². The number of aryl methyl sites for hydroxylation is 1. The fourth-order valence-corrected chi connectivity index (χ4v) is 2.83. The minimum atomic E-state index is 0.574. The lowest BCUT2D eigenvalue weighted by Gasteiger charge is -2.13. The Balaban J connectivity index is 2.17. The number of rotatable bonds is 6. The first kappa shape index (κ1) is 14.7. The summed E-state index contributed by atoms with van der Waals surface area (Å²) in [7, 11) is 0. The molecule has 0 bridgehead atoms. The maximum Gasteiger partial charge on any atom is 0.144 e. The van der Waals surface area contributed by atoms with Gasteiger partial charge in [-0.15, -0.1) is 0 Å². The zero-order chi connectivity index (χ0) is 13.7. The first-order chi connectivity index (χ1) is 9.24. The van der Waals surface area contributed by atoms with Crippen LogP contribution in [0, 0.1) is 5.92 Å². The van der Waals surface area contributed by atoms with E-state index < -0.39 is 0 Å². The Bertz CT molecular complexity index is 419. The summed E-state index contributed by atoms with van der Waals surface area (Å²) in [6.07, 6.45) is 4.04. The summed E-state index contributed by atoms with van der Waals surface area (Å²) >= 11 is 3.61. The van der Waals surface area contributed by atoms with Gasteiger partial charge in [0.1, 0.15) is 11.6 Å². The molecule has 0 aliphatic carbocycles. The fraction of sp³-hybridized carbons (Fsp3) is 0.714. The summed E-state index contributed by atoms with van der Waals surface area (Å²) < 4.78 is 6.43. The van der Waals surface area contributed by atoms with E-state index in [0.29, 0.717) is 5.92 Å². The molecule has 0 amide bonds. The number of halogens is 1. The molecule has 0 spiro atoms. The second-order valence-corrected chi connectivity index (χ2v) is 5.76. The van der Waals surface area contributed by atoms with Crippen LogP contribution < -0.4 is 5.32 Å². The molecule has 0 radical (unpaired) electrons. The predicted octanol–water partition coefficient (Wildman–Crippen LogP) is 3.20. The first-order valence-corrected chi connectivity index (χ1v) is 7.90. The fourth-order valence-electron chi connectivity index (χ4n) is 2.23. The van der Waals surface area contributed by atoms with Crippen LogP contribution >= 0.6 is 15.9 Å². The molecule has 0 aromatic carbocycles. The molecule has 1 aromatic heterocycles. The zero-order valence-corrected chi connectivity index (χ0v) is 13.3. The molecule has 2 rings (SSSR count). The average molecular weight is 328 g/mol. The van der Waals surface area contributed by atoms with E-state index in [1.165, 1.54) is 0 Å². The Morgan fingerprint density at radius 2 is 2.21 bits per heavy atom. The zero-order valence-electron chi connectivity index (χ0n) is 11.7. The van der Waals surface area contributed by atoms with Crippen LogP contribution in [0.1, 0.15) is 38.2 Å². The van der Waals surface area contributed by atoms with Gasteiger partial charge in [-0.05, 0) is 41.1 Å². The number of anilines is 1. The Labute approximate surface area is 123 Å². The summed E-state index contributed by atoms with van der Waals surface area (Å²) in [6, 6.07) is 0. The van der Waals surface area contributed by atoms with E-state index in [-0.39, 0.29) is 0 Å². The van der Waals surface area contributed by atoms with Crippen molar-refractivity contribution in [3.05, 3.63) is 16.0 Å². The van der Waals surface area contributed by atoms with Crippen LogP contribution in [-0.4, -0.2) is 29.7 Å². The SMILES string of the molecule is CCCNc1nc(CC2CCOC2)nc(CC)c1Br. The maximum absolute atomic E-state index is 5.42. The monoisotopic (exact) mass is 327 g/mol. The number of nitrogens with zero attached hydrogens (tertiary/aromatic N) is 2. The number of nitrogens with one attached hydrogen (secondary N) is 1. The Kier molecular flexibility index (Phi) is 5.58. The van der Waals surface area contributed by atoms with E-state index >= 15 is 0 Å². The molecular weight excluding hydrogens is 306 g/mol. The third kappa shape index (κ3) is 3.89. The predicted molar refractivity (Wildman–Crippen MR) is 80.5 cm³/mol. The Morgan fingerprint density at radius 3 is 2.84 bits per heavy atom. The van der Waals surface area contributed by atoms with Gasteiger partial charge >= 0.3 is 0 Å². The maximum atomic E-state index is 5.42. The van der Waals surface area contributed by atoms with Gasteiger partial charge in [-0.25, -0.2) is 9.97 Å². The highest BCUT2D eigenvalue weighted by Crippen LogP contribution is 2.26. The molecular formula is C14H22BrN3O. The number of ether oxygens (including phenoxy) is 1. The van der Waals surface area contributed by atoms with E-state index in [1.807, 2.05) is 0 Å². The second-order valence-electron chi connectivity index (χ2n) is 4.96. The van der Waals surface area contributed by atoms with Crippen molar-refractivity contribution in [3.8, 4) is 0 Å². The summed E-state index contributed by atoms with van der Waals surface area (Å²) in [4.78, 5) is 9.33. The van der Waals surface area contributed by atoms with Gasteiger partial charge in [-0.3, -0.25) is 0 Å². The highest BCUT2D eigenvalue weighted by Gasteiger charge is 2.19. The van der Waals surface area contributed by atoms with Crippen molar-refractivity contribution in [3.63, 3.8) is 0 Å². The van der Waals surface area contributed by atoms with Gasteiger partial charge in [0.05, 0.1) is 10.2 Å². The molecule has 106 valence electrons. The lowest BCUT2D eigenvalue weighted by atomic mass is 10.0. The van der Waals surface area contributed by atoms with Crippen molar-refractivity contribution in [2.24, 2.45) is 5.92 Å². The molecule has 1 unspecified atom stereocenters. The normalized spacial score (nSPS) is 18.8. The number of hydrogen-bond donors (Lipinski definition) is 1. The molecule has 19 heavy (non-hydrogen) atoms. The summed E-state index contributed by atoms with van der Waals surface area (Å²) in [5.74, 6) is 2.45. The smallest absolute Gasteiger partial charge is 0.144 e. The minimum Gasteiger partial charge on any atom is -0.381 e. The molecule has 1 aliphatic rings. The number of hydrogen-bond acceptors (Lipinski definition) is 4. The van der Waals surface area contributed by atoms with Gasteiger partial charge in [0.25, 0.3) is 0 Å². The molecule has 2 heterocycles. The lowest BCUT2D eigenvalue weighted by molar-refractivity contribution is 0.185. The van der Waals surface area contributed by atoms with Crippen molar-refractivity contribution < 1.29 is 4.74 Å². The standard InChI is InChI=1S/C14H22BrN3O/c1-3-6-16-14-13(15)11(4-2)17-12(18-14)8-10-5-7-19-9-10/h10H,3-9H2,1-2H3,(H,16,17,18). The van der Waals surface area contributed by atoms with Crippen LogP contribution in [0.25, 0.3) is 0 Å². The third-order valence-electron chi connectivity index (χ3n) is 3.34. The highest BCUT2D eigenvalue weighted by molar-refractivity contribution is 9.10. The summed E-state index contributed by atoms with van der Waals surface area (Å²) in [6.45, 7) is 6.94. The second kappa shape index (κ2) is 7.20. The van der Waals surface area contributed by atoms with Crippen LogP contribution in [0.4, 0.5) is 5.82 Å². The molecule has 5 heteroatoms. The van der Waals surface area contributed by atoms with Crippen molar-refractivity contribution in [1.29, 1.82) is 0 Å². The van der Waals surface area contributed by atoms with Crippen LogP contribution in [-0.2, 0) is 17.6 Å². The van der Waals surface area contributed by atoms with Gasteiger partial charge in [0.2, 0.25) is 0 Å². The molecule has 4 nitrogen and oxygen atoms in total. The minimum absolute atomic E-state index is 0.574. The molecule has 0 saturated carbocycles. The lowest BCUT2D eigenvalue weighted by Crippen LogP contribution is -2.12. The molecule has 1 fully saturated rings. The number of aromatic nitrogens is 2. The van der Waals surface area contributed by atoms with Crippen molar-refractivity contribution in [2.45, 2.75) is 39.5 Å². The summed E-state index contributed by atoms with van der Waals surface area (Å²) in [5, 5.41) is 3.37. The topological polar surface area (TPSA) is 47.0 Å². The van der Waals surface area contributed by atoms with Gasteiger partial charge in [0.15, 0.2) is 0 Å². The van der Waals surface area contributed by atoms with E-state index in [9.17, 15) is 0 Å². The Hall–Kier alpha value is -0.680. The van der Waals surface area contributed by atoms with Gasteiger partial charge < -0.3 is 10.1 Å². The molecule has 1 N–H and O–H groups in total.